The van der Waals surface area contributed by atoms with Gasteiger partial charge in [0.15, 0.2) is 0 Å². The monoisotopic (exact) mass is 276 g/mol. The van der Waals surface area contributed by atoms with E-state index in [-0.39, 0.29) is 5.54 Å². The fourth-order valence-electron chi connectivity index (χ4n) is 2.53. The molecule has 0 aromatic carbocycles. The van der Waals surface area contributed by atoms with Gasteiger partial charge in [-0.15, -0.1) is 0 Å². The molecule has 112 valence electrons. The SMILES string of the molecule is CC(C)(C)NCc1cc(OC2CCCCCC2)ccn1. The van der Waals surface area contributed by atoms with Crippen LogP contribution in [0.25, 0.3) is 0 Å². The molecule has 3 nitrogen and oxygen atoms in total. The average molecular weight is 276 g/mol. The molecule has 1 heterocycles. The molecule has 1 aliphatic rings. The summed E-state index contributed by atoms with van der Waals surface area (Å²) in [6.45, 7) is 7.28. The first-order chi connectivity index (χ1) is 9.53. The molecule has 1 fully saturated rings. The lowest BCUT2D eigenvalue weighted by molar-refractivity contribution is 0.183. The van der Waals surface area contributed by atoms with E-state index in [0.717, 1.165) is 18.0 Å². The molecule has 0 atom stereocenters. The standard InChI is InChI=1S/C17H28N2O/c1-17(2,3)19-13-14-12-16(10-11-18-14)20-15-8-6-4-5-7-9-15/h10-12,15,19H,4-9,13H2,1-3H3. The molecule has 2 rings (SSSR count). The minimum Gasteiger partial charge on any atom is -0.490 e. The summed E-state index contributed by atoms with van der Waals surface area (Å²) in [7, 11) is 0. The lowest BCUT2D eigenvalue weighted by atomic mass is 10.1. The van der Waals surface area contributed by atoms with Gasteiger partial charge in [-0.2, -0.15) is 0 Å². The smallest absolute Gasteiger partial charge is 0.123 e. The third-order valence-corrected chi connectivity index (χ3v) is 3.69. The number of aromatic nitrogens is 1. The van der Waals surface area contributed by atoms with E-state index in [1.54, 1.807) is 0 Å². The Bertz CT molecular complexity index is 404. The minimum absolute atomic E-state index is 0.111. The first-order valence-corrected chi connectivity index (χ1v) is 7.89. The molecule has 0 bridgehead atoms. The van der Waals surface area contributed by atoms with Crippen molar-refractivity contribution in [2.75, 3.05) is 0 Å². The number of nitrogens with one attached hydrogen (secondary N) is 1. The van der Waals surface area contributed by atoms with E-state index < -0.39 is 0 Å². The molecule has 1 aromatic rings. The molecule has 3 heteroatoms. The van der Waals surface area contributed by atoms with E-state index in [1.165, 1.54) is 38.5 Å². The number of hydrogen-bond acceptors (Lipinski definition) is 3. The zero-order chi connectivity index (χ0) is 14.4. The predicted octanol–water partition coefficient (Wildman–Crippen LogP) is 4.07. The summed E-state index contributed by atoms with van der Waals surface area (Å²) in [6, 6.07) is 4.05. The summed E-state index contributed by atoms with van der Waals surface area (Å²) in [4.78, 5) is 4.41. The molecule has 1 N–H and O–H groups in total. The first kappa shape index (κ1) is 15.3. The second-order valence-corrected chi connectivity index (χ2v) is 6.82. The third-order valence-electron chi connectivity index (χ3n) is 3.69. The van der Waals surface area contributed by atoms with Crippen LogP contribution in [-0.4, -0.2) is 16.6 Å². The Labute approximate surface area is 123 Å². The Hall–Kier alpha value is -1.09. The topological polar surface area (TPSA) is 34.1 Å². The van der Waals surface area contributed by atoms with Gasteiger partial charge in [-0.25, -0.2) is 0 Å². The average Bonchev–Trinajstić information content (AvgIpc) is 2.65. The van der Waals surface area contributed by atoms with Gasteiger partial charge in [0.25, 0.3) is 0 Å². The Balaban J connectivity index is 1.91. The van der Waals surface area contributed by atoms with Gasteiger partial charge in [0.05, 0.1) is 11.8 Å². The highest BCUT2D eigenvalue weighted by atomic mass is 16.5. The maximum atomic E-state index is 6.14. The van der Waals surface area contributed by atoms with Gasteiger partial charge < -0.3 is 10.1 Å². The van der Waals surface area contributed by atoms with Crippen molar-refractivity contribution in [1.29, 1.82) is 0 Å². The number of pyridine rings is 1. The Kier molecular flexibility index (Phi) is 5.41. The van der Waals surface area contributed by atoms with E-state index in [9.17, 15) is 0 Å². The lowest BCUT2D eigenvalue weighted by Gasteiger charge is -2.21. The normalized spacial score (nSPS) is 17.8. The first-order valence-electron chi connectivity index (χ1n) is 7.89. The predicted molar refractivity (Wildman–Crippen MR) is 82.9 cm³/mol. The summed E-state index contributed by atoms with van der Waals surface area (Å²) >= 11 is 0. The Morgan fingerprint density at radius 3 is 2.55 bits per heavy atom. The van der Waals surface area contributed by atoms with Gasteiger partial charge in [0.2, 0.25) is 0 Å². The quantitative estimate of drug-likeness (QED) is 0.842. The van der Waals surface area contributed by atoms with Crippen LogP contribution in [0.2, 0.25) is 0 Å². The highest BCUT2D eigenvalue weighted by Crippen LogP contribution is 2.23. The minimum atomic E-state index is 0.111. The van der Waals surface area contributed by atoms with Crippen molar-refractivity contribution in [3.8, 4) is 5.75 Å². The molecule has 0 unspecified atom stereocenters. The zero-order valence-corrected chi connectivity index (χ0v) is 13.1. The molecular weight excluding hydrogens is 248 g/mol. The van der Waals surface area contributed by atoms with E-state index in [2.05, 4.69) is 37.1 Å². The molecule has 0 spiro atoms. The molecule has 0 saturated heterocycles. The summed E-state index contributed by atoms with van der Waals surface area (Å²) in [5, 5.41) is 3.46. The summed E-state index contributed by atoms with van der Waals surface area (Å²) < 4.78 is 6.14. The molecule has 1 saturated carbocycles. The molecule has 20 heavy (non-hydrogen) atoms. The van der Waals surface area contributed by atoms with Crippen LogP contribution in [0.5, 0.6) is 5.75 Å². The summed E-state index contributed by atoms with van der Waals surface area (Å²) in [5.74, 6) is 0.970. The van der Waals surface area contributed by atoms with Gasteiger partial charge in [-0.1, -0.05) is 12.8 Å². The van der Waals surface area contributed by atoms with E-state index >= 15 is 0 Å². The van der Waals surface area contributed by atoms with Gasteiger partial charge in [0.1, 0.15) is 5.75 Å². The van der Waals surface area contributed by atoms with Crippen LogP contribution >= 0.6 is 0 Å². The van der Waals surface area contributed by atoms with Crippen LogP contribution in [0.3, 0.4) is 0 Å². The molecule has 0 radical (unpaired) electrons. The molecule has 1 aliphatic carbocycles. The summed E-state index contributed by atoms with van der Waals surface area (Å²) in [5.41, 5.74) is 1.16. The van der Waals surface area contributed by atoms with Crippen molar-refractivity contribution < 1.29 is 4.74 Å². The lowest BCUT2D eigenvalue weighted by Crippen LogP contribution is -2.35. The molecule has 0 amide bonds. The van der Waals surface area contributed by atoms with Crippen LogP contribution in [-0.2, 0) is 6.54 Å². The zero-order valence-electron chi connectivity index (χ0n) is 13.1. The third kappa shape index (κ3) is 5.49. The van der Waals surface area contributed by atoms with Crippen LogP contribution < -0.4 is 10.1 Å². The molecular formula is C17H28N2O. The van der Waals surface area contributed by atoms with Gasteiger partial charge >= 0.3 is 0 Å². The van der Waals surface area contributed by atoms with E-state index in [1.807, 2.05) is 12.3 Å². The maximum absolute atomic E-state index is 6.14. The summed E-state index contributed by atoms with van der Waals surface area (Å²) in [6.07, 6.45) is 9.95. The van der Waals surface area contributed by atoms with Crippen molar-refractivity contribution in [2.24, 2.45) is 0 Å². The van der Waals surface area contributed by atoms with Gasteiger partial charge in [-0.05, 0) is 52.5 Å². The molecule has 0 aliphatic heterocycles. The van der Waals surface area contributed by atoms with E-state index in [4.69, 9.17) is 4.74 Å². The molecule has 1 aromatic heterocycles. The van der Waals surface area contributed by atoms with Crippen LogP contribution in [0.15, 0.2) is 18.3 Å². The highest BCUT2D eigenvalue weighted by Gasteiger charge is 2.14. The van der Waals surface area contributed by atoms with Crippen LogP contribution in [0, 0.1) is 0 Å². The van der Waals surface area contributed by atoms with Crippen LogP contribution in [0.4, 0.5) is 0 Å². The van der Waals surface area contributed by atoms with Crippen molar-refractivity contribution >= 4 is 0 Å². The maximum Gasteiger partial charge on any atom is 0.123 e. The van der Waals surface area contributed by atoms with Crippen molar-refractivity contribution in [1.82, 2.24) is 10.3 Å². The van der Waals surface area contributed by atoms with Crippen molar-refractivity contribution in [2.45, 2.75) is 77.5 Å². The van der Waals surface area contributed by atoms with Crippen LogP contribution in [0.1, 0.15) is 65.0 Å². The largest absolute Gasteiger partial charge is 0.490 e. The van der Waals surface area contributed by atoms with Crippen molar-refractivity contribution in [3.63, 3.8) is 0 Å². The second-order valence-electron chi connectivity index (χ2n) is 6.82. The Morgan fingerprint density at radius 2 is 1.90 bits per heavy atom. The van der Waals surface area contributed by atoms with E-state index in [0.29, 0.717) is 6.10 Å². The van der Waals surface area contributed by atoms with Crippen molar-refractivity contribution in [3.05, 3.63) is 24.0 Å². The fourth-order valence-corrected chi connectivity index (χ4v) is 2.53. The number of rotatable bonds is 4. The fraction of sp³-hybridized carbons (Fsp3) is 0.706. The Morgan fingerprint density at radius 1 is 1.20 bits per heavy atom. The second kappa shape index (κ2) is 7.07. The highest BCUT2D eigenvalue weighted by molar-refractivity contribution is 5.23. The number of ether oxygens (including phenoxy) is 1. The van der Waals surface area contributed by atoms with Gasteiger partial charge in [0, 0.05) is 24.3 Å². The number of nitrogens with zero attached hydrogens (tertiary/aromatic N) is 1. The number of hydrogen-bond donors (Lipinski definition) is 1. The van der Waals surface area contributed by atoms with Gasteiger partial charge in [-0.3, -0.25) is 4.98 Å².